The number of nitrogens with zero attached hydrogens (tertiary/aromatic N) is 1. The van der Waals surface area contributed by atoms with E-state index in [9.17, 15) is 19.2 Å². The Kier molecular flexibility index (Phi) is 12.3. The normalized spacial score (nSPS) is 9.89. The van der Waals surface area contributed by atoms with Gasteiger partial charge >= 0.3 is 24.0 Å². The van der Waals surface area contributed by atoms with Crippen molar-refractivity contribution < 1.29 is 28.7 Å². The molecule has 0 unspecified atom stereocenters. The fourth-order valence-corrected chi connectivity index (χ4v) is 3.96. The summed E-state index contributed by atoms with van der Waals surface area (Å²) in [6, 6.07) is 17.4. The lowest BCUT2D eigenvalue weighted by Crippen LogP contribution is -2.21. The third-order valence-corrected chi connectivity index (χ3v) is 6.31. The summed E-state index contributed by atoms with van der Waals surface area (Å²) in [7, 11) is 4.33. The average Bonchev–Trinajstić information content (AvgIpc) is 3.47. The second kappa shape index (κ2) is 15.6. The van der Waals surface area contributed by atoms with Crippen LogP contribution in [0.25, 0.3) is 0 Å². The number of ether oxygens (including phenoxy) is 2. The minimum atomic E-state index is -0.534. The molecule has 2 aromatic carbocycles. The molecule has 0 fully saturated rings. The van der Waals surface area contributed by atoms with E-state index in [-0.39, 0.29) is 13.1 Å². The van der Waals surface area contributed by atoms with Gasteiger partial charge in [-0.05, 0) is 64.1 Å². The Hall–Kier alpha value is -5.52. The second-order valence-corrected chi connectivity index (χ2v) is 9.72. The van der Waals surface area contributed by atoms with Gasteiger partial charge in [0.15, 0.2) is 5.69 Å². The van der Waals surface area contributed by atoms with Crippen LogP contribution in [0.1, 0.15) is 50.9 Å². The van der Waals surface area contributed by atoms with E-state index >= 15 is 0 Å². The number of aromatic amines is 1. The highest BCUT2D eigenvalue weighted by molar-refractivity contribution is 6.05. The molecule has 0 bridgehead atoms. The van der Waals surface area contributed by atoms with Crippen molar-refractivity contribution in [1.29, 1.82) is 0 Å². The van der Waals surface area contributed by atoms with E-state index < -0.39 is 24.0 Å². The lowest BCUT2D eigenvalue weighted by molar-refractivity contribution is 0.0584. The lowest BCUT2D eigenvalue weighted by atomic mass is 10.2. The van der Waals surface area contributed by atoms with E-state index in [1.54, 1.807) is 42.8 Å². The predicted octanol–water partition coefficient (Wildman–Crippen LogP) is 6.77. The Morgan fingerprint density at radius 1 is 0.659 bits per heavy atom. The molecule has 4 rings (SSSR count). The fraction of sp³-hybridized carbons (Fsp3) is 0.250. The van der Waals surface area contributed by atoms with Crippen molar-refractivity contribution in [2.75, 3.05) is 35.5 Å². The van der Waals surface area contributed by atoms with E-state index in [0.29, 0.717) is 28.4 Å². The van der Waals surface area contributed by atoms with Crippen LogP contribution >= 0.6 is 0 Å². The van der Waals surface area contributed by atoms with E-state index in [4.69, 9.17) is 4.74 Å². The number of carbonyl (C=O) groups excluding carboxylic acids is 4. The Morgan fingerprint density at radius 2 is 1.11 bits per heavy atom. The molecular formula is C32H40N6O6. The minimum absolute atomic E-state index is 0. The first kappa shape index (κ1) is 34.7. The number of aryl methyl sites for hydroxylation is 4. The number of H-pyrrole nitrogens is 1. The van der Waals surface area contributed by atoms with Crippen molar-refractivity contribution in [3.8, 4) is 0 Å². The molecule has 2 aromatic heterocycles. The van der Waals surface area contributed by atoms with Crippen LogP contribution in [0, 0.1) is 27.7 Å². The van der Waals surface area contributed by atoms with E-state index in [2.05, 4.69) is 31.0 Å². The number of aromatic nitrogens is 2. The number of hydrogen-bond acceptors (Lipinski definition) is 6. The van der Waals surface area contributed by atoms with E-state index in [1.165, 1.54) is 14.2 Å². The Morgan fingerprint density at radius 3 is 1.57 bits per heavy atom. The standard InChI is InChI=1S/C16H19N3O3.C15H17N3O3.CH4/c1-10-5-7-12(8-6-10)17-16(21)18-13-9-11(2)19(3)14(13)15(20)22-4;1-9-4-6-11(7-5-9)17-15(20)18-12-8-10(2)16-13(12)14(19)21-3;/h5-9H,1-4H3,(H2,17,18,21);4-8,16H,1-3H3,(H2,17,18,20);1H4. The first-order valence-corrected chi connectivity index (χ1v) is 13.2. The number of hydrogen-bond donors (Lipinski definition) is 5. The molecule has 234 valence electrons. The lowest BCUT2D eigenvalue weighted by Gasteiger charge is -2.09. The summed E-state index contributed by atoms with van der Waals surface area (Å²) in [5.41, 5.74) is 6.47. The topological polar surface area (TPSA) is 156 Å². The van der Waals surface area contributed by atoms with Crippen LogP contribution in [0.5, 0.6) is 0 Å². The summed E-state index contributed by atoms with van der Waals surface area (Å²) in [6.45, 7) is 7.57. The highest BCUT2D eigenvalue weighted by atomic mass is 16.5. The maximum absolute atomic E-state index is 12.1. The van der Waals surface area contributed by atoms with Crippen LogP contribution in [0.3, 0.4) is 0 Å². The van der Waals surface area contributed by atoms with Gasteiger partial charge in [-0.2, -0.15) is 0 Å². The van der Waals surface area contributed by atoms with Crippen LogP contribution in [0.4, 0.5) is 32.3 Å². The highest BCUT2D eigenvalue weighted by Crippen LogP contribution is 2.22. The zero-order chi connectivity index (χ0) is 31.7. The van der Waals surface area contributed by atoms with Gasteiger partial charge in [0, 0.05) is 29.8 Å². The van der Waals surface area contributed by atoms with Crippen molar-refractivity contribution in [2.24, 2.45) is 7.05 Å². The van der Waals surface area contributed by atoms with Crippen molar-refractivity contribution in [3.63, 3.8) is 0 Å². The highest BCUT2D eigenvalue weighted by Gasteiger charge is 2.20. The van der Waals surface area contributed by atoms with Gasteiger partial charge in [-0.3, -0.25) is 0 Å². The third kappa shape index (κ3) is 9.24. The molecule has 0 spiro atoms. The number of nitrogens with one attached hydrogen (secondary N) is 5. The molecular weight excluding hydrogens is 564 g/mol. The molecule has 44 heavy (non-hydrogen) atoms. The van der Waals surface area contributed by atoms with Crippen LogP contribution < -0.4 is 21.3 Å². The molecule has 12 nitrogen and oxygen atoms in total. The molecule has 0 saturated heterocycles. The largest absolute Gasteiger partial charge is 0.464 e. The quantitative estimate of drug-likeness (QED) is 0.153. The summed E-state index contributed by atoms with van der Waals surface area (Å²) in [5.74, 6) is -1.03. The first-order valence-electron chi connectivity index (χ1n) is 13.2. The molecule has 0 aliphatic carbocycles. The smallest absolute Gasteiger partial charge is 0.356 e. The molecule has 4 aromatic rings. The molecule has 0 aliphatic heterocycles. The maximum atomic E-state index is 12.1. The molecule has 12 heteroatoms. The molecule has 0 saturated carbocycles. The molecule has 5 N–H and O–H groups in total. The van der Waals surface area contributed by atoms with Crippen molar-refractivity contribution in [3.05, 3.63) is 94.6 Å². The van der Waals surface area contributed by atoms with Crippen LogP contribution in [0.2, 0.25) is 0 Å². The van der Waals surface area contributed by atoms with Gasteiger partial charge < -0.3 is 40.3 Å². The van der Waals surface area contributed by atoms with Gasteiger partial charge in [0.05, 0.1) is 25.6 Å². The van der Waals surface area contributed by atoms with Crippen molar-refractivity contribution in [2.45, 2.75) is 35.1 Å². The molecule has 0 atom stereocenters. The summed E-state index contributed by atoms with van der Waals surface area (Å²) in [5, 5.41) is 10.7. The SMILES string of the molecule is C.COC(=O)c1[nH]c(C)cc1NC(=O)Nc1ccc(C)cc1.COC(=O)c1c(NC(=O)Nc2ccc(C)cc2)cc(C)n1C. The van der Waals surface area contributed by atoms with Gasteiger partial charge in [-0.15, -0.1) is 0 Å². The fourth-order valence-electron chi connectivity index (χ4n) is 3.96. The van der Waals surface area contributed by atoms with Gasteiger partial charge in [-0.25, -0.2) is 19.2 Å². The van der Waals surface area contributed by atoms with Crippen LogP contribution in [0.15, 0.2) is 60.7 Å². The van der Waals surface area contributed by atoms with Crippen LogP contribution in [-0.4, -0.2) is 47.8 Å². The first-order chi connectivity index (χ1) is 20.4. The molecule has 0 radical (unpaired) electrons. The molecule has 0 aliphatic rings. The number of anilines is 4. The zero-order valence-electron chi connectivity index (χ0n) is 25.2. The average molecular weight is 605 g/mol. The number of methoxy groups -OCH3 is 2. The minimum Gasteiger partial charge on any atom is -0.464 e. The Bertz CT molecular complexity index is 1600. The summed E-state index contributed by atoms with van der Waals surface area (Å²) >= 11 is 0. The maximum Gasteiger partial charge on any atom is 0.356 e. The zero-order valence-corrected chi connectivity index (χ0v) is 25.2. The van der Waals surface area contributed by atoms with Gasteiger partial charge in [-0.1, -0.05) is 42.8 Å². The number of amides is 4. The van der Waals surface area contributed by atoms with Crippen molar-refractivity contribution >= 4 is 46.8 Å². The van der Waals surface area contributed by atoms with Crippen molar-refractivity contribution in [1.82, 2.24) is 9.55 Å². The Labute approximate surface area is 257 Å². The second-order valence-electron chi connectivity index (χ2n) is 9.72. The summed E-state index contributed by atoms with van der Waals surface area (Å²) in [6.07, 6.45) is 0. The van der Waals surface area contributed by atoms with Crippen LogP contribution in [-0.2, 0) is 16.5 Å². The number of rotatable bonds is 6. The molecule has 4 amide bonds. The molecule has 2 heterocycles. The number of esters is 2. The van der Waals surface area contributed by atoms with Gasteiger partial charge in [0.25, 0.3) is 0 Å². The van der Waals surface area contributed by atoms with Gasteiger partial charge in [0.2, 0.25) is 0 Å². The summed E-state index contributed by atoms with van der Waals surface area (Å²) < 4.78 is 11.1. The van der Waals surface area contributed by atoms with Gasteiger partial charge in [0.1, 0.15) is 5.69 Å². The van der Waals surface area contributed by atoms with E-state index in [1.807, 2.05) is 57.2 Å². The predicted molar refractivity (Wildman–Crippen MR) is 173 cm³/mol. The Balaban J connectivity index is 0.000000300. The van der Waals surface area contributed by atoms with E-state index in [0.717, 1.165) is 22.5 Å². The summed E-state index contributed by atoms with van der Waals surface area (Å²) in [4.78, 5) is 50.3. The number of carbonyl (C=O) groups is 4. The monoisotopic (exact) mass is 604 g/mol. The number of urea groups is 2. The number of benzene rings is 2. The third-order valence-electron chi connectivity index (χ3n) is 6.31.